The highest BCUT2D eigenvalue weighted by molar-refractivity contribution is 6.13. The second-order valence-electron chi connectivity index (χ2n) is 34.5. The summed E-state index contributed by atoms with van der Waals surface area (Å²) in [6, 6.07) is 184. The van der Waals surface area contributed by atoms with Crippen molar-refractivity contribution in [2.45, 2.75) is 0 Å². The molecule has 4 aromatic heterocycles. The molecule has 0 unspecified atom stereocenters. The van der Waals surface area contributed by atoms with Gasteiger partial charge in [-0.25, -0.2) is 0 Å². The molecular formula is C129H88N6O3. The lowest BCUT2D eigenvalue weighted by Crippen LogP contribution is -2.19. The van der Waals surface area contributed by atoms with Gasteiger partial charge in [0.2, 0.25) is 0 Å². The minimum atomic E-state index is -0.0231. The molecule has 25 aromatic rings. The molecule has 0 N–H and O–H groups in total. The Morgan fingerprint density at radius 2 is 0.370 bits per heavy atom. The molecule has 9 nitrogen and oxygen atoms in total. The molecule has 0 spiro atoms. The van der Waals surface area contributed by atoms with Crippen molar-refractivity contribution in [3.63, 3.8) is 0 Å². The second kappa shape index (κ2) is 36.9. The number of anilines is 6. The molecule has 0 fully saturated rings. The Bertz CT molecular complexity index is 8900. The van der Waals surface area contributed by atoms with Crippen LogP contribution in [-0.4, -0.2) is 18.3 Å². The summed E-state index contributed by atoms with van der Waals surface area (Å²) in [5.41, 5.74) is 28.7. The van der Waals surface area contributed by atoms with Crippen LogP contribution < -0.4 is 26.5 Å². The van der Waals surface area contributed by atoms with Gasteiger partial charge in [-0.3, -0.25) is 28.1 Å². The van der Waals surface area contributed by atoms with Crippen molar-refractivity contribution in [3.05, 3.63) is 565 Å². The van der Waals surface area contributed by atoms with Gasteiger partial charge in [-0.05, 0) is 277 Å². The molecule has 652 valence electrons. The summed E-state index contributed by atoms with van der Waals surface area (Å²) in [5, 5.41) is 10.3. The molecule has 21 aromatic carbocycles. The Labute approximate surface area is 798 Å². The molecule has 0 aliphatic rings. The van der Waals surface area contributed by atoms with E-state index < -0.39 is 0 Å². The predicted octanol–water partition coefficient (Wildman–Crippen LogP) is 32.5. The minimum absolute atomic E-state index is 0.00888. The van der Waals surface area contributed by atoms with Crippen LogP contribution in [0.25, 0.3) is 176 Å². The quantitative estimate of drug-likeness (QED) is 0.0901. The number of nitrogens with zero attached hydrogens (tertiary/aromatic N) is 6. The van der Waals surface area contributed by atoms with Crippen LogP contribution in [0.15, 0.2) is 548 Å². The Balaban J connectivity index is 0.000000117. The first-order valence-electron chi connectivity index (χ1n) is 46.5. The van der Waals surface area contributed by atoms with Crippen molar-refractivity contribution in [1.29, 1.82) is 0 Å². The molecule has 0 atom stereocenters. The van der Waals surface area contributed by atoms with E-state index in [2.05, 4.69) is 378 Å². The van der Waals surface area contributed by atoms with Crippen molar-refractivity contribution >= 4 is 121 Å². The van der Waals surface area contributed by atoms with Gasteiger partial charge < -0.3 is 14.4 Å². The first-order chi connectivity index (χ1) is 68.2. The van der Waals surface area contributed by atoms with E-state index in [0.717, 1.165) is 161 Å². The van der Waals surface area contributed by atoms with Crippen LogP contribution in [0.5, 0.6) is 0 Å². The van der Waals surface area contributed by atoms with Crippen molar-refractivity contribution in [3.8, 4) is 89.5 Å². The van der Waals surface area contributed by atoms with Crippen LogP contribution in [0, 0.1) is 0 Å². The van der Waals surface area contributed by atoms with E-state index in [9.17, 15) is 14.4 Å². The van der Waals surface area contributed by atoms with Gasteiger partial charge >= 0.3 is 0 Å². The highest BCUT2D eigenvalue weighted by atomic mass is 16.1. The Morgan fingerprint density at radius 3 is 0.819 bits per heavy atom. The van der Waals surface area contributed by atoms with E-state index in [0.29, 0.717) is 16.2 Å². The van der Waals surface area contributed by atoms with Crippen LogP contribution in [0.3, 0.4) is 0 Å². The number of benzene rings is 21. The van der Waals surface area contributed by atoms with E-state index in [1.807, 2.05) is 184 Å². The molecule has 0 aliphatic heterocycles. The molecule has 138 heavy (non-hydrogen) atoms. The number of aromatic nitrogens is 4. The monoisotopic (exact) mass is 1770 g/mol. The van der Waals surface area contributed by atoms with Gasteiger partial charge in [-0.15, -0.1) is 0 Å². The van der Waals surface area contributed by atoms with E-state index in [-0.39, 0.29) is 16.7 Å². The fourth-order valence-corrected chi connectivity index (χ4v) is 19.8. The first kappa shape index (κ1) is 83.7. The normalized spacial score (nSPS) is 11.3. The molecule has 0 saturated carbocycles. The van der Waals surface area contributed by atoms with Crippen LogP contribution in [0.2, 0.25) is 0 Å². The number of rotatable bonds is 16. The smallest absolute Gasteiger partial charge is 0.263 e. The van der Waals surface area contributed by atoms with E-state index in [1.165, 1.54) is 33.4 Å². The molecule has 9 heteroatoms. The zero-order chi connectivity index (χ0) is 92.4. The Hall–Kier alpha value is -18.6. The average molecular weight is 1770 g/mol. The zero-order valence-electron chi connectivity index (χ0n) is 75.2. The summed E-state index contributed by atoms with van der Waals surface area (Å²) in [5.74, 6) is 0. The molecular weight excluding hydrogens is 1680 g/mol. The van der Waals surface area contributed by atoms with Crippen molar-refractivity contribution in [2.24, 2.45) is 0 Å². The number of para-hydroxylation sites is 6. The molecule has 25 rings (SSSR count). The lowest BCUT2D eigenvalue weighted by molar-refractivity contribution is 1.06. The summed E-state index contributed by atoms with van der Waals surface area (Å²) in [6.45, 7) is 0. The van der Waals surface area contributed by atoms with Crippen LogP contribution >= 0.6 is 0 Å². The highest BCUT2D eigenvalue weighted by Crippen LogP contribution is 2.45. The SMILES string of the molecule is O=c1c2ccccc2c2cc(-c3cccc(N(c4ccccc4)c4ccccc4)c3)ccc2n1-c1ccccc1.O=c1c2ccccc2c2cc(N(c3cccc(-c4ccccc4)c3)c3cccc(-c4ccccc4)c3)ccc2n1-c1ccccc1.O=c1c2ccccc2c2ccccc2n1-c1ccc2c(c1)c1ccccc1n2-c1cccc(-c2cc(-c3ccccc3)cc(-c3ccccc3)c2)c1. The maximum Gasteiger partial charge on any atom is 0.263 e. The van der Waals surface area contributed by atoms with Crippen LogP contribution in [-0.2, 0) is 0 Å². The third kappa shape index (κ3) is 16.0. The van der Waals surface area contributed by atoms with E-state index in [1.54, 1.807) is 0 Å². The van der Waals surface area contributed by atoms with Gasteiger partial charge in [-0.2, -0.15) is 0 Å². The van der Waals surface area contributed by atoms with Crippen molar-refractivity contribution in [1.82, 2.24) is 18.3 Å². The summed E-state index contributed by atoms with van der Waals surface area (Å²) in [4.78, 5) is 46.3. The first-order valence-corrected chi connectivity index (χ1v) is 46.5. The number of hydrogen-bond acceptors (Lipinski definition) is 5. The Morgan fingerprint density at radius 1 is 0.123 bits per heavy atom. The van der Waals surface area contributed by atoms with Crippen molar-refractivity contribution in [2.75, 3.05) is 9.80 Å². The number of pyridine rings is 3. The summed E-state index contributed by atoms with van der Waals surface area (Å²) < 4.78 is 7.87. The van der Waals surface area contributed by atoms with E-state index in [4.69, 9.17) is 0 Å². The summed E-state index contributed by atoms with van der Waals surface area (Å²) in [6.07, 6.45) is 0. The molecule has 0 amide bonds. The number of hydrogen-bond donors (Lipinski definition) is 0. The third-order valence-electron chi connectivity index (χ3n) is 26.2. The largest absolute Gasteiger partial charge is 0.310 e. The van der Waals surface area contributed by atoms with Gasteiger partial charge in [0.25, 0.3) is 16.7 Å². The van der Waals surface area contributed by atoms with Gasteiger partial charge in [-0.1, -0.05) is 340 Å². The topological polar surface area (TPSA) is 77.4 Å². The molecule has 0 radical (unpaired) electrons. The van der Waals surface area contributed by atoms with E-state index >= 15 is 0 Å². The van der Waals surface area contributed by atoms with Crippen LogP contribution in [0.4, 0.5) is 34.1 Å². The van der Waals surface area contributed by atoms with Crippen molar-refractivity contribution < 1.29 is 0 Å². The lowest BCUT2D eigenvalue weighted by atomic mass is 9.93. The summed E-state index contributed by atoms with van der Waals surface area (Å²) >= 11 is 0. The summed E-state index contributed by atoms with van der Waals surface area (Å²) in [7, 11) is 0. The zero-order valence-corrected chi connectivity index (χ0v) is 75.2. The fourth-order valence-electron chi connectivity index (χ4n) is 19.8. The van der Waals surface area contributed by atoms with Gasteiger partial charge in [0.1, 0.15) is 0 Å². The molecule has 0 aliphatic carbocycles. The maximum atomic E-state index is 14.1. The molecule has 0 bridgehead atoms. The highest BCUT2D eigenvalue weighted by Gasteiger charge is 2.24. The lowest BCUT2D eigenvalue weighted by Gasteiger charge is -2.27. The minimum Gasteiger partial charge on any atom is -0.310 e. The number of fused-ring (bicyclic) bond motifs is 12. The second-order valence-corrected chi connectivity index (χ2v) is 34.5. The fraction of sp³-hybridized carbons (Fsp3) is 0. The van der Waals surface area contributed by atoms with Crippen LogP contribution in [0.1, 0.15) is 0 Å². The predicted molar refractivity (Wildman–Crippen MR) is 577 cm³/mol. The molecule has 4 heterocycles. The van der Waals surface area contributed by atoms with Gasteiger partial charge in [0, 0.05) is 94.3 Å². The van der Waals surface area contributed by atoms with Gasteiger partial charge in [0.15, 0.2) is 0 Å². The molecule has 0 saturated heterocycles. The average Bonchev–Trinajstić information content (AvgIpc) is 1.00. The standard InChI is InChI=1S/C49H32N2O.C43H30N2O.C37H26N2O/c52-49-44-23-8-7-20-41(44)42-21-9-12-25-47(42)51(49)40-26-27-48-45(32-40)43-22-10-11-24-46(43)50(48)39-19-13-18-35(31-39)38-29-36(33-14-3-1-4-15-33)28-37(30-38)34-16-5-2-6-17-34;46-43-40-25-11-10-24-39(40)41-30-38(26-27-42(41)45(43)35-20-8-3-9-21-35)44(36-22-12-18-33(28-36)31-14-4-1-5-15-31)37-23-13-19-34(29-37)32-16-6-2-7-17-32;40-37-34-22-11-10-21-33(34)35-26-28(23-24-36(35)39(37)31-18-8-3-9-19-31)27-13-12-20-32(25-27)38(29-14-4-1-5-15-29)30-16-6-2-7-17-30/h1-32H;1-30H;1-26H. The Kier molecular flexibility index (Phi) is 22.4. The third-order valence-corrected chi connectivity index (χ3v) is 26.2. The van der Waals surface area contributed by atoms with Gasteiger partial charge in [0.05, 0.1) is 33.3 Å². The maximum absolute atomic E-state index is 14.1.